The summed E-state index contributed by atoms with van der Waals surface area (Å²) in [6.07, 6.45) is -3.31. The minimum absolute atomic E-state index is 0.0991. The van der Waals surface area contributed by atoms with Crippen molar-refractivity contribution in [3.8, 4) is 0 Å². The van der Waals surface area contributed by atoms with Crippen molar-refractivity contribution in [2.75, 3.05) is 0 Å². The number of amides is 1. The second-order valence-corrected chi connectivity index (χ2v) is 6.79. The molecule has 0 unspecified atom stereocenters. The third kappa shape index (κ3) is 4.82. The molecule has 24 heavy (non-hydrogen) atoms. The van der Waals surface area contributed by atoms with Gasteiger partial charge in [-0.25, -0.2) is 18.1 Å². The second-order valence-electron chi connectivity index (χ2n) is 5.11. The predicted octanol–water partition coefficient (Wildman–Crippen LogP) is 2.26. The Labute approximate surface area is 136 Å². The Morgan fingerprint density at radius 3 is 2.46 bits per heavy atom. The smallest absolute Gasteiger partial charge is 0.336 e. The summed E-state index contributed by atoms with van der Waals surface area (Å²) in [5.74, 6) is -1.01. The van der Waals surface area contributed by atoms with Gasteiger partial charge in [-0.2, -0.15) is 13.2 Å². The van der Waals surface area contributed by atoms with E-state index in [0.29, 0.717) is 0 Å². The number of aromatic nitrogens is 2. The van der Waals surface area contributed by atoms with Gasteiger partial charge in [-0.1, -0.05) is 17.7 Å². The minimum Gasteiger partial charge on any atom is -0.336 e. The Kier molecular flexibility index (Phi) is 4.97. The maximum absolute atomic E-state index is 12.2. The molecule has 1 heterocycles. The lowest BCUT2D eigenvalue weighted by atomic mass is 10.2. The van der Waals surface area contributed by atoms with Crippen molar-refractivity contribution in [2.24, 2.45) is 0 Å². The lowest BCUT2D eigenvalue weighted by Crippen LogP contribution is -2.30. The van der Waals surface area contributed by atoms with Crippen LogP contribution in [0, 0.1) is 6.92 Å². The number of rotatable bonds is 5. The average molecular weight is 361 g/mol. The third-order valence-corrected chi connectivity index (χ3v) is 4.42. The van der Waals surface area contributed by atoms with Gasteiger partial charge in [0, 0.05) is 12.7 Å². The van der Waals surface area contributed by atoms with Crippen LogP contribution in [0.4, 0.5) is 13.2 Å². The van der Waals surface area contributed by atoms with Gasteiger partial charge in [0.1, 0.15) is 5.69 Å². The molecule has 0 aliphatic carbocycles. The zero-order valence-electron chi connectivity index (χ0n) is 12.5. The summed E-state index contributed by atoms with van der Waals surface area (Å²) in [4.78, 5) is 15.5. The molecule has 1 aromatic heterocycles. The third-order valence-electron chi connectivity index (χ3n) is 3.08. The Balaban J connectivity index is 2.07. The van der Waals surface area contributed by atoms with Crippen LogP contribution >= 0.6 is 0 Å². The summed E-state index contributed by atoms with van der Waals surface area (Å²) in [7, 11) is -4.08. The summed E-state index contributed by atoms with van der Waals surface area (Å²) in [6, 6.07) is 5.83. The SMILES string of the molecule is Cc1ccc(S(=O)(=O)NC(=O)c2cn(CCC(F)(F)F)cn2)cc1. The molecule has 2 aromatic rings. The van der Waals surface area contributed by atoms with Gasteiger partial charge in [0.25, 0.3) is 15.9 Å². The van der Waals surface area contributed by atoms with E-state index in [9.17, 15) is 26.4 Å². The van der Waals surface area contributed by atoms with Gasteiger partial charge >= 0.3 is 6.18 Å². The molecular formula is C14H14F3N3O3S. The van der Waals surface area contributed by atoms with Crippen LogP contribution < -0.4 is 4.72 Å². The normalized spacial score (nSPS) is 12.2. The van der Waals surface area contributed by atoms with E-state index in [1.807, 2.05) is 4.72 Å². The van der Waals surface area contributed by atoms with E-state index < -0.39 is 35.1 Å². The first kappa shape index (κ1) is 18.0. The van der Waals surface area contributed by atoms with Gasteiger partial charge in [-0.15, -0.1) is 0 Å². The monoisotopic (exact) mass is 361 g/mol. The number of alkyl halides is 3. The van der Waals surface area contributed by atoms with Gasteiger partial charge in [-0.3, -0.25) is 4.79 Å². The molecule has 6 nitrogen and oxygen atoms in total. The lowest BCUT2D eigenvalue weighted by Gasteiger charge is -2.06. The number of carbonyl (C=O) groups excluding carboxylic acids is 1. The number of aryl methyl sites for hydroxylation is 2. The molecule has 0 spiro atoms. The first-order valence-electron chi connectivity index (χ1n) is 6.79. The summed E-state index contributed by atoms with van der Waals surface area (Å²) >= 11 is 0. The van der Waals surface area contributed by atoms with Crippen molar-refractivity contribution in [3.05, 3.63) is 48.0 Å². The highest BCUT2D eigenvalue weighted by atomic mass is 32.2. The van der Waals surface area contributed by atoms with Gasteiger partial charge in [0.15, 0.2) is 0 Å². The highest BCUT2D eigenvalue weighted by molar-refractivity contribution is 7.90. The maximum Gasteiger partial charge on any atom is 0.390 e. The standard InChI is InChI=1S/C14H14F3N3O3S/c1-10-2-4-11(5-3-10)24(22,23)19-13(21)12-8-20(9-18-12)7-6-14(15,16)17/h2-5,8-9H,6-7H2,1H3,(H,19,21). The molecule has 0 aliphatic rings. The van der Waals surface area contributed by atoms with E-state index in [1.54, 1.807) is 19.1 Å². The van der Waals surface area contributed by atoms with Crippen LogP contribution in [0.1, 0.15) is 22.5 Å². The molecule has 0 bridgehead atoms. The van der Waals surface area contributed by atoms with E-state index in [1.165, 1.54) is 12.1 Å². The molecule has 0 saturated heterocycles. The van der Waals surface area contributed by atoms with Crippen LogP contribution in [0.2, 0.25) is 0 Å². The number of halogens is 3. The average Bonchev–Trinajstić information content (AvgIpc) is 2.93. The number of carbonyl (C=O) groups is 1. The molecule has 1 N–H and O–H groups in total. The Morgan fingerprint density at radius 2 is 1.88 bits per heavy atom. The molecule has 130 valence electrons. The number of nitrogens with zero attached hydrogens (tertiary/aromatic N) is 2. The number of sulfonamides is 1. The highest BCUT2D eigenvalue weighted by Gasteiger charge is 2.27. The molecule has 0 radical (unpaired) electrons. The quantitative estimate of drug-likeness (QED) is 0.886. The fraction of sp³-hybridized carbons (Fsp3) is 0.286. The number of benzene rings is 1. The molecule has 1 amide bonds. The van der Waals surface area contributed by atoms with Crippen molar-refractivity contribution in [1.82, 2.24) is 14.3 Å². The lowest BCUT2D eigenvalue weighted by molar-refractivity contribution is -0.136. The predicted molar refractivity (Wildman–Crippen MR) is 78.7 cm³/mol. The van der Waals surface area contributed by atoms with Gasteiger partial charge in [0.05, 0.1) is 17.6 Å². The zero-order chi connectivity index (χ0) is 18.0. The van der Waals surface area contributed by atoms with Crippen molar-refractivity contribution in [1.29, 1.82) is 0 Å². The van der Waals surface area contributed by atoms with Crippen molar-refractivity contribution >= 4 is 15.9 Å². The van der Waals surface area contributed by atoms with Crippen molar-refractivity contribution < 1.29 is 26.4 Å². The molecule has 0 atom stereocenters. The molecule has 0 fully saturated rings. The largest absolute Gasteiger partial charge is 0.390 e. The Bertz CT molecular complexity index is 827. The van der Waals surface area contributed by atoms with Crippen molar-refractivity contribution in [3.63, 3.8) is 0 Å². The van der Waals surface area contributed by atoms with E-state index in [4.69, 9.17) is 0 Å². The molecule has 2 rings (SSSR count). The topological polar surface area (TPSA) is 81.1 Å². The van der Waals surface area contributed by atoms with Crippen LogP contribution in [0.25, 0.3) is 0 Å². The fourth-order valence-electron chi connectivity index (χ4n) is 1.81. The highest BCUT2D eigenvalue weighted by Crippen LogP contribution is 2.20. The number of imidazole rings is 1. The molecule has 0 aliphatic heterocycles. The van der Waals surface area contributed by atoms with E-state index in [2.05, 4.69) is 4.98 Å². The molecule has 0 saturated carbocycles. The summed E-state index contributed by atoms with van der Waals surface area (Å²) in [5, 5.41) is 0. The Hall–Kier alpha value is -2.36. The number of hydrogen-bond donors (Lipinski definition) is 1. The van der Waals surface area contributed by atoms with Crippen LogP contribution in [-0.4, -0.2) is 30.1 Å². The number of nitrogens with one attached hydrogen (secondary N) is 1. The second kappa shape index (κ2) is 6.63. The summed E-state index contributed by atoms with van der Waals surface area (Å²) < 4.78 is 63.5. The first-order chi connectivity index (χ1) is 11.1. The van der Waals surface area contributed by atoms with Crippen molar-refractivity contribution in [2.45, 2.75) is 31.0 Å². The Morgan fingerprint density at radius 1 is 1.25 bits per heavy atom. The summed E-state index contributed by atoms with van der Waals surface area (Å²) in [5.41, 5.74) is 0.566. The first-order valence-corrected chi connectivity index (χ1v) is 8.27. The van der Waals surface area contributed by atoms with E-state index in [0.717, 1.165) is 22.7 Å². The number of hydrogen-bond acceptors (Lipinski definition) is 4. The molecule has 10 heteroatoms. The zero-order valence-corrected chi connectivity index (χ0v) is 13.4. The van der Waals surface area contributed by atoms with E-state index in [-0.39, 0.29) is 10.6 Å². The molecular weight excluding hydrogens is 347 g/mol. The fourth-order valence-corrected chi connectivity index (χ4v) is 2.77. The van der Waals surface area contributed by atoms with Crippen LogP contribution in [-0.2, 0) is 16.6 Å². The molecule has 1 aromatic carbocycles. The van der Waals surface area contributed by atoms with Gasteiger partial charge in [0.2, 0.25) is 0 Å². The maximum atomic E-state index is 12.2. The van der Waals surface area contributed by atoms with Gasteiger partial charge < -0.3 is 4.57 Å². The van der Waals surface area contributed by atoms with Gasteiger partial charge in [-0.05, 0) is 19.1 Å². The van der Waals surface area contributed by atoms with Crippen LogP contribution in [0.3, 0.4) is 0 Å². The minimum atomic E-state index is -4.33. The van der Waals surface area contributed by atoms with Crippen LogP contribution in [0.15, 0.2) is 41.7 Å². The summed E-state index contributed by atoms with van der Waals surface area (Å²) in [6.45, 7) is 1.37. The van der Waals surface area contributed by atoms with E-state index >= 15 is 0 Å². The van der Waals surface area contributed by atoms with Crippen LogP contribution in [0.5, 0.6) is 0 Å².